The molecule has 156 valence electrons. The number of hydrogen-bond acceptors (Lipinski definition) is 2. The standard InChI is InChI=1S/C27H37NO/c1-21(20-28-17-9-16-26(28)18-22-10-4-2-5-11-22)24-14-8-15-25(19-24)27(29)23-12-6-3-7-13-23/h3,6-8,12-15,19,21-22,26-27,29H,2,4-5,9-11,16-18,20H2,1H3. The molecule has 1 aliphatic carbocycles. The summed E-state index contributed by atoms with van der Waals surface area (Å²) in [6.07, 6.45) is 10.9. The van der Waals surface area contributed by atoms with E-state index < -0.39 is 6.10 Å². The van der Waals surface area contributed by atoms with E-state index in [-0.39, 0.29) is 0 Å². The van der Waals surface area contributed by atoms with Gasteiger partial charge < -0.3 is 5.11 Å². The van der Waals surface area contributed by atoms with Gasteiger partial charge in [-0.2, -0.15) is 0 Å². The number of likely N-dealkylation sites (tertiary alicyclic amines) is 1. The van der Waals surface area contributed by atoms with Crippen molar-refractivity contribution in [1.29, 1.82) is 0 Å². The lowest BCUT2D eigenvalue weighted by molar-refractivity contribution is 0.191. The molecular weight excluding hydrogens is 354 g/mol. The third-order valence-corrected chi connectivity index (χ3v) is 7.25. The fourth-order valence-corrected chi connectivity index (χ4v) is 5.53. The van der Waals surface area contributed by atoms with Gasteiger partial charge in [0, 0.05) is 12.6 Å². The Morgan fingerprint density at radius 2 is 1.59 bits per heavy atom. The minimum absolute atomic E-state index is 0.491. The monoisotopic (exact) mass is 391 g/mol. The van der Waals surface area contributed by atoms with Crippen LogP contribution in [0.25, 0.3) is 0 Å². The van der Waals surface area contributed by atoms with Crippen LogP contribution in [-0.4, -0.2) is 29.1 Å². The fourth-order valence-electron chi connectivity index (χ4n) is 5.53. The van der Waals surface area contributed by atoms with Crippen molar-refractivity contribution in [3.8, 4) is 0 Å². The second kappa shape index (κ2) is 9.91. The van der Waals surface area contributed by atoms with Crippen LogP contribution in [0.3, 0.4) is 0 Å². The topological polar surface area (TPSA) is 23.5 Å². The largest absolute Gasteiger partial charge is 0.384 e. The molecule has 1 aliphatic heterocycles. The highest BCUT2D eigenvalue weighted by molar-refractivity contribution is 5.33. The van der Waals surface area contributed by atoms with Gasteiger partial charge in [-0.25, -0.2) is 0 Å². The predicted molar refractivity (Wildman–Crippen MR) is 121 cm³/mol. The van der Waals surface area contributed by atoms with Gasteiger partial charge in [0.25, 0.3) is 0 Å². The average Bonchev–Trinajstić information content (AvgIpc) is 3.21. The maximum absolute atomic E-state index is 10.8. The highest BCUT2D eigenvalue weighted by Crippen LogP contribution is 2.33. The molecule has 0 amide bonds. The number of benzene rings is 2. The zero-order valence-corrected chi connectivity index (χ0v) is 18.0. The molecule has 0 aromatic heterocycles. The second-order valence-corrected chi connectivity index (χ2v) is 9.42. The van der Waals surface area contributed by atoms with Crippen LogP contribution in [0, 0.1) is 5.92 Å². The lowest BCUT2D eigenvalue weighted by atomic mass is 9.84. The van der Waals surface area contributed by atoms with Crippen molar-refractivity contribution in [3.05, 3.63) is 71.3 Å². The van der Waals surface area contributed by atoms with E-state index in [1.54, 1.807) is 0 Å². The first-order valence-corrected chi connectivity index (χ1v) is 11.8. The summed E-state index contributed by atoms with van der Waals surface area (Å²) in [4.78, 5) is 2.76. The van der Waals surface area contributed by atoms with Crippen molar-refractivity contribution in [2.75, 3.05) is 13.1 Å². The van der Waals surface area contributed by atoms with Crippen molar-refractivity contribution in [2.45, 2.75) is 76.4 Å². The normalized spacial score (nSPS) is 23.2. The van der Waals surface area contributed by atoms with Gasteiger partial charge in [-0.1, -0.05) is 93.6 Å². The van der Waals surface area contributed by atoms with Gasteiger partial charge in [-0.05, 0) is 54.3 Å². The summed E-state index contributed by atoms with van der Waals surface area (Å²) in [7, 11) is 0. The van der Waals surface area contributed by atoms with Gasteiger partial charge in [0.15, 0.2) is 0 Å². The number of aliphatic hydroxyl groups is 1. The van der Waals surface area contributed by atoms with Crippen LogP contribution in [0.5, 0.6) is 0 Å². The third-order valence-electron chi connectivity index (χ3n) is 7.25. The summed E-state index contributed by atoms with van der Waals surface area (Å²) < 4.78 is 0. The molecule has 4 rings (SSSR count). The van der Waals surface area contributed by atoms with Gasteiger partial charge in [-0.15, -0.1) is 0 Å². The van der Waals surface area contributed by atoms with E-state index in [1.165, 1.54) is 63.5 Å². The number of rotatable bonds is 7. The summed E-state index contributed by atoms with van der Waals surface area (Å²) in [5.41, 5.74) is 3.31. The highest BCUT2D eigenvalue weighted by atomic mass is 16.3. The van der Waals surface area contributed by atoms with Gasteiger partial charge in [0.2, 0.25) is 0 Å². The van der Waals surface area contributed by atoms with Gasteiger partial charge in [-0.3, -0.25) is 4.90 Å². The summed E-state index contributed by atoms with van der Waals surface area (Å²) in [5, 5.41) is 10.8. The lowest BCUT2D eigenvalue weighted by Crippen LogP contribution is -2.34. The van der Waals surface area contributed by atoms with Gasteiger partial charge in [0.1, 0.15) is 6.10 Å². The van der Waals surface area contributed by atoms with Crippen molar-refractivity contribution in [2.24, 2.45) is 5.92 Å². The van der Waals surface area contributed by atoms with E-state index in [9.17, 15) is 5.11 Å². The maximum Gasteiger partial charge on any atom is 0.104 e. The molecule has 3 unspecified atom stereocenters. The molecule has 2 fully saturated rings. The number of nitrogens with zero attached hydrogens (tertiary/aromatic N) is 1. The van der Waals surface area contributed by atoms with E-state index in [1.807, 2.05) is 30.3 Å². The summed E-state index contributed by atoms with van der Waals surface area (Å²) in [6.45, 7) is 4.75. The molecule has 2 nitrogen and oxygen atoms in total. The fraction of sp³-hybridized carbons (Fsp3) is 0.556. The first-order valence-electron chi connectivity index (χ1n) is 11.8. The van der Waals surface area contributed by atoms with Crippen LogP contribution >= 0.6 is 0 Å². The Morgan fingerprint density at radius 3 is 2.38 bits per heavy atom. The number of hydrogen-bond donors (Lipinski definition) is 1. The minimum atomic E-state index is -0.547. The SMILES string of the molecule is CC(CN1CCCC1CC1CCCCC1)c1cccc(C(O)c2ccccc2)c1. The highest BCUT2D eigenvalue weighted by Gasteiger charge is 2.29. The summed E-state index contributed by atoms with van der Waals surface area (Å²) >= 11 is 0. The molecule has 2 aromatic carbocycles. The van der Waals surface area contributed by atoms with Crippen molar-refractivity contribution < 1.29 is 5.11 Å². The van der Waals surface area contributed by atoms with Crippen LogP contribution in [0.2, 0.25) is 0 Å². The van der Waals surface area contributed by atoms with Crippen molar-refractivity contribution in [1.82, 2.24) is 4.90 Å². The third kappa shape index (κ3) is 5.29. The summed E-state index contributed by atoms with van der Waals surface area (Å²) in [5.74, 6) is 1.46. The van der Waals surface area contributed by atoms with Gasteiger partial charge >= 0.3 is 0 Å². The smallest absolute Gasteiger partial charge is 0.104 e. The quantitative estimate of drug-likeness (QED) is 0.598. The number of aliphatic hydroxyl groups excluding tert-OH is 1. The Balaban J connectivity index is 1.39. The Hall–Kier alpha value is -1.64. The maximum atomic E-state index is 10.8. The van der Waals surface area contributed by atoms with E-state index in [4.69, 9.17) is 0 Å². The molecule has 0 spiro atoms. The Kier molecular flexibility index (Phi) is 7.05. The van der Waals surface area contributed by atoms with E-state index in [0.717, 1.165) is 29.6 Å². The van der Waals surface area contributed by atoms with Crippen LogP contribution in [0.15, 0.2) is 54.6 Å². The summed E-state index contributed by atoms with van der Waals surface area (Å²) in [6, 6.07) is 19.4. The van der Waals surface area contributed by atoms with Crippen molar-refractivity contribution >= 4 is 0 Å². The molecule has 1 saturated carbocycles. The minimum Gasteiger partial charge on any atom is -0.384 e. The van der Waals surface area contributed by atoms with Crippen LogP contribution < -0.4 is 0 Å². The Bertz CT molecular complexity index is 752. The molecule has 1 heterocycles. The van der Waals surface area contributed by atoms with Crippen LogP contribution in [-0.2, 0) is 0 Å². The molecule has 0 radical (unpaired) electrons. The zero-order chi connectivity index (χ0) is 20.1. The molecule has 2 heteroatoms. The van der Waals surface area contributed by atoms with Crippen molar-refractivity contribution in [3.63, 3.8) is 0 Å². The second-order valence-electron chi connectivity index (χ2n) is 9.42. The molecule has 0 bridgehead atoms. The molecule has 2 aromatic rings. The molecule has 2 aliphatic rings. The van der Waals surface area contributed by atoms with E-state index >= 15 is 0 Å². The first kappa shape index (κ1) is 20.6. The average molecular weight is 392 g/mol. The van der Waals surface area contributed by atoms with Gasteiger partial charge in [0.05, 0.1) is 0 Å². The molecule has 3 atom stereocenters. The Morgan fingerprint density at radius 1 is 0.862 bits per heavy atom. The predicted octanol–water partition coefficient (Wildman–Crippen LogP) is 6.31. The first-order chi connectivity index (χ1) is 14.2. The van der Waals surface area contributed by atoms with E-state index in [0.29, 0.717) is 5.92 Å². The molecular formula is C27H37NO. The van der Waals surface area contributed by atoms with Crippen LogP contribution in [0.4, 0.5) is 0 Å². The molecule has 1 N–H and O–H groups in total. The molecule has 29 heavy (non-hydrogen) atoms. The van der Waals surface area contributed by atoms with Crippen LogP contribution in [0.1, 0.15) is 87.0 Å². The zero-order valence-electron chi connectivity index (χ0n) is 18.0. The molecule has 1 saturated heterocycles. The lowest BCUT2D eigenvalue weighted by Gasteiger charge is -2.32. The Labute approximate surface area is 177 Å². The van der Waals surface area contributed by atoms with E-state index in [2.05, 4.69) is 36.1 Å².